The number of hydrogen-bond donors (Lipinski definition) is 1. The summed E-state index contributed by atoms with van der Waals surface area (Å²) in [5.74, 6) is 0. The Morgan fingerprint density at radius 1 is 1.19 bits per heavy atom. The van der Waals surface area contributed by atoms with Crippen LogP contribution in [-0.4, -0.2) is 48.0 Å². The minimum Gasteiger partial charge on any atom is -0.389 e. The molecular formula is C13H27NO2. The first-order chi connectivity index (χ1) is 7.63. The molecule has 3 heteroatoms. The van der Waals surface area contributed by atoms with E-state index < -0.39 is 5.60 Å². The molecule has 0 spiro atoms. The number of ether oxygens (including phenoxy) is 1. The van der Waals surface area contributed by atoms with E-state index >= 15 is 0 Å². The van der Waals surface area contributed by atoms with Gasteiger partial charge < -0.3 is 14.7 Å². The van der Waals surface area contributed by atoms with E-state index in [0.29, 0.717) is 6.10 Å². The fourth-order valence-corrected chi connectivity index (χ4v) is 2.36. The van der Waals surface area contributed by atoms with Crippen LogP contribution in [0.4, 0.5) is 0 Å². The standard InChI is InChI=1S/C13H27NO2/c1-4-13(15,5-2)11-14-9-7-12(8-10-14)16-6-3/h12,15H,4-11H2,1-3H3. The van der Waals surface area contributed by atoms with Gasteiger partial charge in [-0.3, -0.25) is 0 Å². The summed E-state index contributed by atoms with van der Waals surface area (Å²) < 4.78 is 5.62. The lowest BCUT2D eigenvalue weighted by Crippen LogP contribution is -2.46. The van der Waals surface area contributed by atoms with Crippen molar-refractivity contribution in [3.63, 3.8) is 0 Å². The van der Waals surface area contributed by atoms with Crippen molar-refractivity contribution in [1.82, 2.24) is 4.90 Å². The van der Waals surface area contributed by atoms with Gasteiger partial charge in [-0.25, -0.2) is 0 Å². The molecule has 0 aromatic heterocycles. The van der Waals surface area contributed by atoms with Crippen LogP contribution in [0.5, 0.6) is 0 Å². The van der Waals surface area contributed by atoms with E-state index in [2.05, 4.69) is 25.7 Å². The van der Waals surface area contributed by atoms with Crippen molar-refractivity contribution < 1.29 is 9.84 Å². The van der Waals surface area contributed by atoms with Crippen LogP contribution in [0.2, 0.25) is 0 Å². The van der Waals surface area contributed by atoms with Crippen LogP contribution < -0.4 is 0 Å². The maximum Gasteiger partial charge on any atom is 0.0768 e. The zero-order valence-electron chi connectivity index (χ0n) is 11.0. The normalized spacial score (nSPS) is 20.2. The predicted octanol–water partition coefficient (Wildman–Crippen LogP) is 2.04. The molecule has 0 aromatic carbocycles. The third kappa shape index (κ3) is 4.04. The van der Waals surface area contributed by atoms with E-state index in [1.165, 1.54) is 0 Å². The van der Waals surface area contributed by atoms with Gasteiger partial charge in [-0.05, 0) is 32.6 Å². The number of piperidine rings is 1. The number of aliphatic hydroxyl groups is 1. The Bertz CT molecular complexity index is 184. The molecule has 16 heavy (non-hydrogen) atoms. The van der Waals surface area contributed by atoms with Gasteiger partial charge in [0.05, 0.1) is 11.7 Å². The van der Waals surface area contributed by atoms with Gasteiger partial charge in [0.1, 0.15) is 0 Å². The van der Waals surface area contributed by atoms with E-state index in [0.717, 1.165) is 51.9 Å². The van der Waals surface area contributed by atoms with Crippen LogP contribution in [0.1, 0.15) is 46.5 Å². The van der Waals surface area contributed by atoms with Crippen molar-refractivity contribution in [3.8, 4) is 0 Å². The molecule has 96 valence electrons. The van der Waals surface area contributed by atoms with Crippen LogP contribution in [0.15, 0.2) is 0 Å². The van der Waals surface area contributed by atoms with Crippen LogP contribution >= 0.6 is 0 Å². The second-order valence-corrected chi connectivity index (χ2v) is 4.86. The molecule has 1 fully saturated rings. The van der Waals surface area contributed by atoms with Gasteiger partial charge >= 0.3 is 0 Å². The van der Waals surface area contributed by atoms with Crippen LogP contribution in [0, 0.1) is 0 Å². The van der Waals surface area contributed by atoms with Gasteiger partial charge in [-0.2, -0.15) is 0 Å². The maximum absolute atomic E-state index is 10.3. The number of likely N-dealkylation sites (tertiary alicyclic amines) is 1. The summed E-state index contributed by atoms with van der Waals surface area (Å²) in [6.07, 6.45) is 4.34. The number of nitrogens with zero attached hydrogens (tertiary/aromatic N) is 1. The van der Waals surface area contributed by atoms with Gasteiger partial charge in [0.25, 0.3) is 0 Å². The number of rotatable bonds is 6. The van der Waals surface area contributed by atoms with Gasteiger partial charge in [-0.1, -0.05) is 13.8 Å². The number of hydrogen-bond acceptors (Lipinski definition) is 3. The Kier molecular flexibility index (Phi) is 5.73. The van der Waals surface area contributed by atoms with Gasteiger partial charge in [0, 0.05) is 26.2 Å². The molecule has 0 radical (unpaired) electrons. The topological polar surface area (TPSA) is 32.7 Å². The summed E-state index contributed by atoms with van der Waals surface area (Å²) >= 11 is 0. The predicted molar refractivity (Wildman–Crippen MR) is 66.6 cm³/mol. The first kappa shape index (κ1) is 13.9. The lowest BCUT2D eigenvalue weighted by Gasteiger charge is -2.37. The largest absolute Gasteiger partial charge is 0.389 e. The molecule has 0 unspecified atom stereocenters. The van der Waals surface area contributed by atoms with E-state index in [-0.39, 0.29) is 0 Å². The Morgan fingerprint density at radius 3 is 2.19 bits per heavy atom. The molecule has 1 N–H and O–H groups in total. The molecule has 0 saturated carbocycles. The van der Waals surface area contributed by atoms with Crippen LogP contribution in [0.3, 0.4) is 0 Å². The van der Waals surface area contributed by atoms with E-state index in [4.69, 9.17) is 4.74 Å². The summed E-state index contributed by atoms with van der Waals surface area (Å²) in [5, 5.41) is 10.3. The van der Waals surface area contributed by atoms with Crippen LogP contribution in [0.25, 0.3) is 0 Å². The van der Waals surface area contributed by atoms with Crippen molar-refractivity contribution in [2.45, 2.75) is 58.2 Å². The Balaban J connectivity index is 2.31. The molecule has 1 saturated heterocycles. The van der Waals surface area contributed by atoms with Crippen molar-refractivity contribution in [2.75, 3.05) is 26.2 Å². The van der Waals surface area contributed by atoms with Crippen molar-refractivity contribution in [2.24, 2.45) is 0 Å². The minimum atomic E-state index is -0.488. The van der Waals surface area contributed by atoms with E-state index in [1.807, 2.05) is 0 Å². The molecule has 1 aliphatic heterocycles. The second kappa shape index (κ2) is 6.58. The SMILES string of the molecule is CCOC1CCN(CC(O)(CC)CC)CC1. The first-order valence-electron chi connectivity index (χ1n) is 6.70. The zero-order chi connectivity index (χ0) is 12.0. The molecule has 0 aliphatic carbocycles. The monoisotopic (exact) mass is 229 g/mol. The quantitative estimate of drug-likeness (QED) is 0.756. The van der Waals surface area contributed by atoms with E-state index in [1.54, 1.807) is 0 Å². The Labute approximate surface area is 99.8 Å². The van der Waals surface area contributed by atoms with Crippen molar-refractivity contribution in [3.05, 3.63) is 0 Å². The summed E-state index contributed by atoms with van der Waals surface area (Å²) in [7, 11) is 0. The highest BCUT2D eigenvalue weighted by Crippen LogP contribution is 2.20. The average Bonchev–Trinajstić information content (AvgIpc) is 2.32. The summed E-state index contributed by atoms with van der Waals surface area (Å²) in [6.45, 7) is 9.95. The molecule has 0 amide bonds. The number of β-amino-alcohol motifs (C(OH)–C–C–N with tert-alkyl or cyclic N) is 1. The highest BCUT2D eigenvalue weighted by molar-refractivity contribution is 4.82. The molecule has 0 atom stereocenters. The molecule has 3 nitrogen and oxygen atoms in total. The first-order valence-corrected chi connectivity index (χ1v) is 6.70. The Morgan fingerprint density at radius 2 is 1.75 bits per heavy atom. The highest BCUT2D eigenvalue weighted by Gasteiger charge is 2.28. The maximum atomic E-state index is 10.3. The molecular weight excluding hydrogens is 202 g/mol. The third-order valence-electron chi connectivity index (χ3n) is 3.77. The van der Waals surface area contributed by atoms with E-state index in [9.17, 15) is 5.11 Å². The lowest BCUT2D eigenvalue weighted by atomic mass is 9.95. The van der Waals surface area contributed by atoms with Gasteiger partial charge in [0.15, 0.2) is 0 Å². The molecule has 1 rings (SSSR count). The molecule has 0 bridgehead atoms. The smallest absolute Gasteiger partial charge is 0.0768 e. The van der Waals surface area contributed by atoms with Crippen molar-refractivity contribution in [1.29, 1.82) is 0 Å². The Hall–Kier alpha value is -0.120. The second-order valence-electron chi connectivity index (χ2n) is 4.86. The fraction of sp³-hybridized carbons (Fsp3) is 1.00. The van der Waals surface area contributed by atoms with Gasteiger partial charge in [0.2, 0.25) is 0 Å². The van der Waals surface area contributed by atoms with Crippen molar-refractivity contribution >= 4 is 0 Å². The minimum absolute atomic E-state index is 0.442. The lowest BCUT2D eigenvalue weighted by molar-refractivity contribution is -0.0329. The summed E-state index contributed by atoms with van der Waals surface area (Å²) in [5.41, 5.74) is -0.488. The fourth-order valence-electron chi connectivity index (χ4n) is 2.36. The summed E-state index contributed by atoms with van der Waals surface area (Å²) in [4.78, 5) is 2.38. The van der Waals surface area contributed by atoms with Crippen LogP contribution in [-0.2, 0) is 4.74 Å². The zero-order valence-corrected chi connectivity index (χ0v) is 11.0. The van der Waals surface area contributed by atoms with Gasteiger partial charge in [-0.15, -0.1) is 0 Å². The molecule has 1 heterocycles. The summed E-state index contributed by atoms with van der Waals surface area (Å²) in [6, 6.07) is 0. The average molecular weight is 229 g/mol. The molecule has 1 aliphatic rings. The highest BCUT2D eigenvalue weighted by atomic mass is 16.5. The molecule has 0 aromatic rings. The third-order valence-corrected chi connectivity index (χ3v) is 3.77.